The first-order chi connectivity index (χ1) is 13.6. The molecule has 0 aromatic carbocycles. The third kappa shape index (κ3) is 5.29. The summed E-state index contributed by atoms with van der Waals surface area (Å²) in [5.74, 6) is 1.24. The third-order valence-electron chi connectivity index (χ3n) is 5.89. The molecule has 2 aliphatic heterocycles. The Labute approximate surface area is 167 Å². The number of aromatic nitrogens is 1. The fourth-order valence-corrected chi connectivity index (χ4v) is 4.21. The molecule has 2 saturated heterocycles. The van der Waals surface area contributed by atoms with Gasteiger partial charge in [-0.05, 0) is 51.3 Å². The minimum Gasteiger partial charge on any atom is -0.383 e. The Morgan fingerprint density at radius 3 is 2.64 bits per heavy atom. The highest BCUT2D eigenvalue weighted by Gasteiger charge is 2.31. The van der Waals surface area contributed by atoms with E-state index in [0.717, 1.165) is 57.7 Å². The van der Waals surface area contributed by atoms with Crippen molar-refractivity contribution in [1.29, 1.82) is 0 Å². The molecule has 1 aromatic rings. The molecule has 0 radical (unpaired) electrons. The average Bonchev–Trinajstić information content (AvgIpc) is 2.74. The van der Waals surface area contributed by atoms with Gasteiger partial charge in [-0.25, -0.2) is 4.98 Å². The van der Waals surface area contributed by atoms with E-state index in [1.54, 1.807) is 20.2 Å². The van der Waals surface area contributed by atoms with E-state index in [1.165, 1.54) is 0 Å². The number of nitrogens with one attached hydrogen (secondary N) is 1. The molecule has 1 atom stereocenters. The predicted molar refractivity (Wildman–Crippen MR) is 109 cm³/mol. The van der Waals surface area contributed by atoms with Crippen molar-refractivity contribution in [3.8, 4) is 0 Å². The van der Waals surface area contributed by atoms with E-state index in [-0.39, 0.29) is 17.6 Å². The molecule has 0 saturated carbocycles. The summed E-state index contributed by atoms with van der Waals surface area (Å²) in [6, 6.07) is 4.33. The second-order valence-electron chi connectivity index (χ2n) is 7.80. The topological polar surface area (TPSA) is 74.8 Å². The van der Waals surface area contributed by atoms with Crippen LogP contribution >= 0.6 is 0 Å². The molecule has 7 nitrogen and oxygen atoms in total. The van der Waals surface area contributed by atoms with Gasteiger partial charge in [0.05, 0.1) is 12.5 Å². The van der Waals surface area contributed by atoms with Crippen LogP contribution in [0.3, 0.4) is 0 Å². The highest BCUT2D eigenvalue weighted by molar-refractivity contribution is 5.93. The van der Waals surface area contributed by atoms with Crippen LogP contribution in [0.2, 0.25) is 0 Å². The number of ether oxygens (including phenoxy) is 1. The van der Waals surface area contributed by atoms with Crippen LogP contribution < -0.4 is 10.2 Å². The minimum atomic E-state index is 0.0451. The van der Waals surface area contributed by atoms with Gasteiger partial charge in [-0.3, -0.25) is 14.5 Å². The molecular weight excluding hydrogens is 356 g/mol. The molecule has 3 rings (SSSR count). The molecule has 28 heavy (non-hydrogen) atoms. The smallest absolute Gasteiger partial charge is 0.224 e. The van der Waals surface area contributed by atoms with Crippen LogP contribution in [0.15, 0.2) is 18.3 Å². The van der Waals surface area contributed by atoms with Crippen LogP contribution in [0, 0.1) is 5.92 Å². The monoisotopic (exact) mass is 388 g/mol. The molecule has 3 heterocycles. The van der Waals surface area contributed by atoms with Crippen LogP contribution in [0.5, 0.6) is 0 Å². The van der Waals surface area contributed by atoms with E-state index < -0.39 is 0 Å². The first kappa shape index (κ1) is 20.7. The zero-order valence-corrected chi connectivity index (χ0v) is 17.0. The van der Waals surface area contributed by atoms with Gasteiger partial charge < -0.3 is 15.0 Å². The highest BCUT2D eigenvalue weighted by atomic mass is 16.5. The van der Waals surface area contributed by atoms with Crippen molar-refractivity contribution in [2.45, 2.75) is 38.6 Å². The molecule has 1 N–H and O–H groups in total. The molecule has 0 aliphatic carbocycles. The SMILES string of the molecule is COCCNC(=O)[C@@H]1CCCN(C2CCN(c3ccc(C(C)=O)cn3)CC2)C1. The van der Waals surface area contributed by atoms with Crippen molar-refractivity contribution >= 4 is 17.5 Å². The Morgan fingerprint density at radius 1 is 1.21 bits per heavy atom. The predicted octanol–water partition coefficient (Wildman–Crippen LogP) is 1.73. The Bertz CT molecular complexity index is 656. The van der Waals surface area contributed by atoms with Gasteiger partial charge in [0.25, 0.3) is 0 Å². The number of pyridine rings is 1. The number of methoxy groups -OCH3 is 1. The molecule has 7 heteroatoms. The van der Waals surface area contributed by atoms with E-state index in [0.29, 0.717) is 24.8 Å². The lowest BCUT2D eigenvalue weighted by Gasteiger charge is -2.42. The van der Waals surface area contributed by atoms with E-state index in [9.17, 15) is 9.59 Å². The standard InChI is InChI=1S/C21H32N4O3/c1-16(26)17-5-6-20(23-14-17)24-11-7-19(8-12-24)25-10-3-4-18(15-25)21(27)22-9-13-28-2/h5-6,14,18-19H,3-4,7-13,15H2,1-2H3,(H,22,27)/t18-/m1/s1. The quantitative estimate of drug-likeness (QED) is 0.566. The van der Waals surface area contributed by atoms with E-state index in [2.05, 4.69) is 20.1 Å². The van der Waals surface area contributed by atoms with Crippen LogP contribution in [0.4, 0.5) is 5.82 Å². The van der Waals surface area contributed by atoms with Crippen LogP contribution in [0.1, 0.15) is 43.0 Å². The van der Waals surface area contributed by atoms with Crippen molar-refractivity contribution in [2.75, 3.05) is 51.3 Å². The summed E-state index contributed by atoms with van der Waals surface area (Å²) < 4.78 is 5.01. The lowest BCUT2D eigenvalue weighted by molar-refractivity contribution is -0.127. The second kappa shape index (κ2) is 9.98. The molecule has 0 spiro atoms. The molecule has 154 valence electrons. The Hall–Kier alpha value is -1.99. The molecule has 2 fully saturated rings. The van der Waals surface area contributed by atoms with Crippen molar-refractivity contribution in [3.05, 3.63) is 23.9 Å². The van der Waals surface area contributed by atoms with Gasteiger partial charge in [-0.2, -0.15) is 0 Å². The number of carbonyl (C=O) groups excluding carboxylic acids is 2. The van der Waals surface area contributed by atoms with Gasteiger partial charge in [0.15, 0.2) is 5.78 Å². The van der Waals surface area contributed by atoms with Crippen LogP contribution in [-0.4, -0.2) is 74.1 Å². The maximum Gasteiger partial charge on any atom is 0.224 e. The summed E-state index contributed by atoms with van der Waals surface area (Å²) in [5.41, 5.74) is 0.654. The molecule has 2 aliphatic rings. The summed E-state index contributed by atoms with van der Waals surface area (Å²) in [7, 11) is 1.65. The summed E-state index contributed by atoms with van der Waals surface area (Å²) in [4.78, 5) is 33.0. The maximum absolute atomic E-state index is 12.4. The fourth-order valence-electron chi connectivity index (χ4n) is 4.21. The summed E-state index contributed by atoms with van der Waals surface area (Å²) in [6.45, 7) is 6.55. The van der Waals surface area contributed by atoms with Gasteiger partial charge in [-0.15, -0.1) is 0 Å². The number of carbonyl (C=O) groups is 2. The maximum atomic E-state index is 12.4. The van der Waals surface area contributed by atoms with Gasteiger partial charge >= 0.3 is 0 Å². The Kier molecular flexibility index (Phi) is 7.39. The zero-order chi connectivity index (χ0) is 19.9. The van der Waals surface area contributed by atoms with Gasteiger partial charge in [0.2, 0.25) is 5.91 Å². The number of likely N-dealkylation sites (tertiary alicyclic amines) is 1. The number of Topliss-reactive ketones (excluding diaryl/α,β-unsaturated/α-hetero) is 1. The summed E-state index contributed by atoms with van der Waals surface area (Å²) in [5, 5.41) is 2.99. The zero-order valence-electron chi connectivity index (χ0n) is 17.0. The molecule has 1 aromatic heterocycles. The second-order valence-corrected chi connectivity index (χ2v) is 7.80. The Morgan fingerprint density at radius 2 is 2.00 bits per heavy atom. The van der Waals surface area contributed by atoms with Gasteiger partial charge in [0, 0.05) is 51.1 Å². The molecule has 0 bridgehead atoms. The lowest BCUT2D eigenvalue weighted by atomic mass is 9.93. The van der Waals surface area contributed by atoms with Crippen molar-refractivity contribution in [2.24, 2.45) is 5.92 Å². The third-order valence-corrected chi connectivity index (χ3v) is 5.89. The first-order valence-corrected chi connectivity index (χ1v) is 10.3. The summed E-state index contributed by atoms with van der Waals surface area (Å²) >= 11 is 0. The van der Waals surface area contributed by atoms with Gasteiger partial charge in [0.1, 0.15) is 5.82 Å². The lowest BCUT2D eigenvalue weighted by Crippen LogP contribution is -2.51. The van der Waals surface area contributed by atoms with Gasteiger partial charge in [-0.1, -0.05) is 0 Å². The number of anilines is 1. The Balaban J connectivity index is 1.48. The van der Waals surface area contributed by atoms with Crippen LogP contribution in [0.25, 0.3) is 0 Å². The minimum absolute atomic E-state index is 0.0451. The largest absolute Gasteiger partial charge is 0.383 e. The van der Waals surface area contributed by atoms with Crippen LogP contribution in [-0.2, 0) is 9.53 Å². The van der Waals surface area contributed by atoms with Crippen molar-refractivity contribution in [1.82, 2.24) is 15.2 Å². The highest BCUT2D eigenvalue weighted by Crippen LogP contribution is 2.26. The fraction of sp³-hybridized carbons (Fsp3) is 0.667. The number of hydrogen-bond acceptors (Lipinski definition) is 6. The number of nitrogens with zero attached hydrogens (tertiary/aromatic N) is 3. The van der Waals surface area contributed by atoms with E-state index in [1.807, 2.05) is 12.1 Å². The van der Waals surface area contributed by atoms with Crippen molar-refractivity contribution in [3.63, 3.8) is 0 Å². The number of amides is 1. The molecule has 1 amide bonds. The van der Waals surface area contributed by atoms with E-state index >= 15 is 0 Å². The molecular formula is C21H32N4O3. The average molecular weight is 389 g/mol. The number of ketones is 1. The first-order valence-electron chi connectivity index (χ1n) is 10.3. The molecule has 0 unspecified atom stereocenters. The number of piperidine rings is 2. The summed E-state index contributed by atoms with van der Waals surface area (Å²) in [6.07, 6.45) is 5.88. The van der Waals surface area contributed by atoms with Crippen molar-refractivity contribution < 1.29 is 14.3 Å². The number of rotatable bonds is 7. The van der Waals surface area contributed by atoms with E-state index in [4.69, 9.17) is 4.74 Å². The number of hydrogen-bond donors (Lipinski definition) is 1. The normalized spacial score (nSPS) is 21.5.